The number of ether oxygens (including phenoxy) is 2. The summed E-state index contributed by atoms with van der Waals surface area (Å²) in [5.41, 5.74) is 1.34. The molecule has 0 amide bonds. The van der Waals surface area contributed by atoms with Crippen LogP contribution in [0.25, 0.3) is 0 Å². The Bertz CT molecular complexity index is 710. The average Bonchev–Trinajstić information content (AvgIpc) is 2.62. The summed E-state index contributed by atoms with van der Waals surface area (Å²) < 4.78 is 10.7. The van der Waals surface area contributed by atoms with Crippen LogP contribution in [-0.4, -0.2) is 34.4 Å². The van der Waals surface area contributed by atoms with Gasteiger partial charge in [0.25, 0.3) is 0 Å². The van der Waals surface area contributed by atoms with Crippen LogP contribution in [0.1, 0.15) is 20.7 Å². The first-order valence-electron chi connectivity index (χ1n) is 7.38. The van der Waals surface area contributed by atoms with E-state index in [-0.39, 0.29) is 21.2 Å². The SMILES string of the molecule is O=C1c2ccccc2OCC1Br.O=C1c2ccccc2OCC1Br. The van der Waals surface area contributed by atoms with Crippen molar-refractivity contribution in [1.82, 2.24) is 0 Å². The number of carbonyl (C=O) groups excluding carboxylic acids is 2. The Hall–Kier alpha value is -1.66. The lowest BCUT2D eigenvalue weighted by Gasteiger charge is -2.19. The molecule has 2 aromatic carbocycles. The van der Waals surface area contributed by atoms with E-state index in [4.69, 9.17) is 9.47 Å². The number of hydrogen-bond acceptors (Lipinski definition) is 4. The van der Waals surface area contributed by atoms with Gasteiger partial charge >= 0.3 is 0 Å². The molecule has 0 saturated heterocycles. The van der Waals surface area contributed by atoms with Gasteiger partial charge < -0.3 is 9.47 Å². The molecule has 6 heteroatoms. The van der Waals surface area contributed by atoms with E-state index >= 15 is 0 Å². The van der Waals surface area contributed by atoms with Crippen molar-refractivity contribution in [3.8, 4) is 11.5 Å². The fraction of sp³-hybridized carbons (Fsp3) is 0.222. The maximum atomic E-state index is 11.5. The highest BCUT2D eigenvalue weighted by Crippen LogP contribution is 2.27. The van der Waals surface area contributed by atoms with Gasteiger partial charge in [-0.3, -0.25) is 9.59 Å². The van der Waals surface area contributed by atoms with E-state index in [1.807, 2.05) is 36.4 Å². The van der Waals surface area contributed by atoms with Crippen LogP contribution in [0.4, 0.5) is 0 Å². The maximum absolute atomic E-state index is 11.5. The molecule has 0 aromatic heterocycles. The van der Waals surface area contributed by atoms with Gasteiger partial charge in [0.05, 0.1) is 11.1 Å². The van der Waals surface area contributed by atoms with Gasteiger partial charge in [-0.15, -0.1) is 0 Å². The van der Waals surface area contributed by atoms with Crippen LogP contribution in [0.15, 0.2) is 48.5 Å². The van der Waals surface area contributed by atoms with Crippen molar-refractivity contribution in [1.29, 1.82) is 0 Å². The molecular weight excluding hydrogens is 440 g/mol. The molecule has 124 valence electrons. The predicted molar refractivity (Wildman–Crippen MR) is 98.0 cm³/mol. The van der Waals surface area contributed by atoms with Gasteiger partial charge in [-0.1, -0.05) is 56.1 Å². The average molecular weight is 454 g/mol. The topological polar surface area (TPSA) is 52.6 Å². The number of rotatable bonds is 0. The van der Waals surface area contributed by atoms with Gasteiger partial charge in [0.15, 0.2) is 11.6 Å². The summed E-state index contributed by atoms with van der Waals surface area (Å²) in [7, 11) is 0. The number of halogens is 2. The molecule has 2 aliphatic heterocycles. The van der Waals surface area contributed by atoms with E-state index < -0.39 is 0 Å². The Labute approximate surface area is 156 Å². The molecule has 2 aromatic rings. The third-order valence-corrected chi connectivity index (χ3v) is 5.00. The highest BCUT2D eigenvalue weighted by atomic mass is 79.9. The number of Topliss-reactive ketones (excluding diaryl/α,β-unsaturated/α-hetero) is 2. The van der Waals surface area contributed by atoms with Crippen molar-refractivity contribution < 1.29 is 19.1 Å². The molecular formula is C18H14Br2O4. The smallest absolute Gasteiger partial charge is 0.183 e. The predicted octanol–water partition coefficient (Wildman–Crippen LogP) is 4.05. The van der Waals surface area contributed by atoms with Crippen molar-refractivity contribution in [2.24, 2.45) is 0 Å². The highest BCUT2D eigenvalue weighted by molar-refractivity contribution is 9.10. The number of benzene rings is 2. The third kappa shape index (κ3) is 3.54. The number of hydrogen-bond donors (Lipinski definition) is 0. The number of alkyl halides is 2. The lowest BCUT2D eigenvalue weighted by molar-refractivity contribution is 0.0937. The Morgan fingerprint density at radius 2 is 1.08 bits per heavy atom. The molecule has 0 fully saturated rings. The Balaban J connectivity index is 0.000000141. The zero-order valence-electron chi connectivity index (χ0n) is 12.6. The van der Waals surface area contributed by atoms with Crippen molar-refractivity contribution in [2.75, 3.05) is 13.2 Å². The van der Waals surface area contributed by atoms with Crippen LogP contribution in [0.2, 0.25) is 0 Å². The summed E-state index contributed by atoms with van der Waals surface area (Å²) in [6.45, 7) is 0.853. The normalized spacial score (nSPS) is 21.4. The molecule has 0 aliphatic carbocycles. The van der Waals surface area contributed by atoms with Gasteiger partial charge in [-0.25, -0.2) is 0 Å². The summed E-state index contributed by atoms with van der Waals surface area (Å²) >= 11 is 6.50. The van der Waals surface area contributed by atoms with Crippen LogP contribution in [-0.2, 0) is 0 Å². The largest absolute Gasteiger partial charge is 0.491 e. The number of ketones is 2. The van der Waals surface area contributed by atoms with E-state index in [1.54, 1.807) is 12.1 Å². The standard InChI is InChI=1S/2C9H7BrO2/c2*10-7-5-12-8-4-2-1-3-6(8)9(7)11/h2*1-4,7H,5H2. The second kappa shape index (κ2) is 7.49. The lowest BCUT2D eigenvalue weighted by Crippen LogP contribution is -2.27. The number of para-hydroxylation sites is 2. The molecule has 2 atom stereocenters. The van der Waals surface area contributed by atoms with E-state index in [1.165, 1.54) is 0 Å². The zero-order valence-corrected chi connectivity index (χ0v) is 15.7. The van der Waals surface area contributed by atoms with Gasteiger partial charge in [0.2, 0.25) is 0 Å². The first-order valence-corrected chi connectivity index (χ1v) is 9.21. The second-order valence-corrected chi connectivity index (χ2v) is 7.49. The molecule has 0 N–H and O–H groups in total. The molecule has 4 rings (SSSR count). The van der Waals surface area contributed by atoms with Crippen LogP contribution < -0.4 is 9.47 Å². The molecule has 0 bridgehead atoms. The molecule has 0 radical (unpaired) electrons. The summed E-state index contributed by atoms with van der Waals surface area (Å²) in [6.07, 6.45) is 0. The summed E-state index contributed by atoms with van der Waals surface area (Å²) in [4.78, 5) is 22.6. The van der Waals surface area contributed by atoms with Crippen molar-refractivity contribution >= 4 is 43.4 Å². The number of carbonyl (C=O) groups is 2. The van der Waals surface area contributed by atoms with Crippen molar-refractivity contribution in [2.45, 2.75) is 9.65 Å². The second-order valence-electron chi connectivity index (χ2n) is 5.28. The van der Waals surface area contributed by atoms with E-state index in [0.29, 0.717) is 35.8 Å². The quantitative estimate of drug-likeness (QED) is 0.564. The van der Waals surface area contributed by atoms with Crippen LogP contribution in [0.5, 0.6) is 11.5 Å². The van der Waals surface area contributed by atoms with Crippen LogP contribution in [0, 0.1) is 0 Å². The monoisotopic (exact) mass is 452 g/mol. The molecule has 24 heavy (non-hydrogen) atoms. The molecule has 4 nitrogen and oxygen atoms in total. The number of fused-ring (bicyclic) bond motifs is 2. The van der Waals surface area contributed by atoms with Crippen LogP contribution >= 0.6 is 31.9 Å². The maximum Gasteiger partial charge on any atom is 0.183 e. The molecule has 2 aliphatic rings. The fourth-order valence-electron chi connectivity index (χ4n) is 2.41. The lowest BCUT2D eigenvalue weighted by atomic mass is 10.1. The Kier molecular flexibility index (Phi) is 5.36. The molecule has 2 unspecified atom stereocenters. The van der Waals surface area contributed by atoms with Gasteiger partial charge in [0.1, 0.15) is 34.4 Å². The van der Waals surface area contributed by atoms with Gasteiger partial charge in [0, 0.05) is 0 Å². The van der Waals surface area contributed by atoms with Gasteiger partial charge in [-0.05, 0) is 24.3 Å². The molecule has 2 heterocycles. The summed E-state index contributed by atoms with van der Waals surface area (Å²) in [5.74, 6) is 1.60. The highest BCUT2D eigenvalue weighted by Gasteiger charge is 2.26. The van der Waals surface area contributed by atoms with Crippen LogP contribution in [0.3, 0.4) is 0 Å². The van der Waals surface area contributed by atoms with E-state index in [9.17, 15) is 9.59 Å². The Morgan fingerprint density at radius 1 is 0.708 bits per heavy atom. The molecule has 0 spiro atoms. The van der Waals surface area contributed by atoms with Crippen molar-refractivity contribution in [3.05, 3.63) is 59.7 Å². The summed E-state index contributed by atoms with van der Waals surface area (Å²) in [5, 5.41) is 0. The Morgan fingerprint density at radius 3 is 1.50 bits per heavy atom. The minimum Gasteiger partial charge on any atom is -0.491 e. The minimum absolute atomic E-state index is 0.108. The summed E-state index contributed by atoms with van der Waals surface area (Å²) in [6, 6.07) is 14.6. The van der Waals surface area contributed by atoms with E-state index in [0.717, 1.165) is 0 Å². The van der Waals surface area contributed by atoms with Gasteiger partial charge in [-0.2, -0.15) is 0 Å². The first kappa shape index (κ1) is 17.2. The first-order chi connectivity index (χ1) is 11.6. The van der Waals surface area contributed by atoms with Crippen molar-refractivity contribution in [3.63, 3.8) is 0 Å². The molecule has 0 saturated carbocycles. The zero-order chi connectivity index (χ0) is 17.1. The minimum atomic E-state index is -0.188. The third-order valence-electron chi connectivity index (χ3n) is 3.64. The fourth-order valence-corrected chi connectivity index (χ4v) is 3.16. The van der Waals surface area contributed by atoms with E-state index in [2.05, 4.69) is 31.9 Å².